The Labute approximate surface area is 115 Å². The van der Waals surface area contributed by atoms with E-state index in [0.717, 1.165) is 12.2 Å². The molecule has 2 aliphatic rings. The number of hydrogen-bond acceptors (Lipinski definition) is 3. The van der Waals surface area contributed by atoms with E-state index in [1.165, 1.54) is 43.4 Å². The Morgan fingerprint density at radius 2 is 2.00 bits per heavy atom. The van der Waals surface area contributed by atoms with Gasteiger partial charge in [0.05, 0.1) is 19.3 Å². The molecular weight excluding hydrogens is 238 g/mol. The van der Waals surface area contributed by atoms with Crippen LogP contribution < -0.4 is 10.1 Å². The van der Waals surface area contributed by atoms with E-state index < -0.39 is 0 Å². The van der Waals surface area contributed by atoms with E-state index in [1.807, 2.05) is 12.1 Å². The summed E-state index contributed by atoms with van der Waals surface area (Å²) in [5.41, 5.74) is 2.33. The minimum Gasteiger partial charge on any atom is -0.497 e. The lowest BCUT2D eigenvalue weighted by molar-refractivity contribution is 0.109. The van der Waals surface area contributed by atoms with Crippen LogP contribution in [-0.2, 0) is 6.42 Å². The normalized spacial score (nSPS) is 27.5. The first-order valence-electron chi connectivity index (χ1n) is 7.39. The molecule has 3 rings (SSSR count). The van der Waals surface area contributed by atoms with Crippen molar-refractivity contribution >= 4 is 5.69 Å². The van der Waals surface area contributed by atoms with Crippen molar-refractivity contribution in [1.29, 1.82) is 0 Å². The van der Waals surface area contributed by atoms with Gasteiger partial charge in [-0.05, 0) is 42.5 Å². The molecule has 19 heavy (non-hydrogen) atoms. The van der Waals surface area contributed by atoms with Gasteiger partial charge in [-0.15, -0.1) is 0 Å². The number of anilines is 1. The van der Waals surface area contributed by atoms with Crippen LogP contribution in [0, 0.1) is 5.92 Å². The standard InChI is InChI=1S/C16H23NO2/c1-19-13-7-8-14-12(9-13)10-15(18)16(17-14)11-5-3-2-4-6-11/h7-9,11,15-18H,2-6,10H2,1H3. The highest BCUT2D eigenvalue weighted by molar-refractivity contribution is 5.57. The summed E-state index contributed by atoms with van der Waals surface area (Å²) < 4.78 is 5.25. The zero-order chi connectivity index (χ0) is 13.2. The monoisotopic (exact) mass is 261 g/mol. The number of aliphatic hydroxyl groups is 1. The smallest absolute Gasteiger partial charge is 0.119 e. The number of fused-ring (bicyclic) bond motifs is 1. The maximum atomic E-state index is 10.4. The lowest BCUT2D eigenvalue weighted by atomic mass is 9.79. The summed E-state index contributed by atoms with van der Waals surface area (Å²) >= 11 is 0. The number of nitrogens with one attached hydrogen (secondary N) is 1. The van der Waals surface area contributed by atoms with Gasteiger partial charge >= 0.3 is 0 Å². The predicted molar refractivity (Wildman–Crippen MR) is 76.7 cm³/mol. The zero-order valence-corrected chi connectivity index (χ0v) is 11.6. The molecule has 0 bridgehead atoms. The Morgan fingerprint density at radius 3 is 2.74 bits per heavy atom. The van der Waals surface area contributed by atoms with Gasteiger partial charge in [0.1, 0.15) is 5.75 Å². The molecule has 0 radical (unpaired) electrons. The summed E-state index contributed by atoms with van der Waals surface area (Å²) in [5, 5.41) is 14.0. The van der Waals surface area contributed by atoms with E-state index in [9.17, 15) is 5.11 Å². The fourth-order valence-electron chi connectivity index (χ4n) is 3.56. The minimum absolute atomic E-state index is 0.223. The number of methoxy groups -OCH3 is 1. The second kappa shape index (κ2) is 5.41. The highest BCUT2D eigenvalue weighted by Gasteiger charge is 2.33. The maximum Gasteiger partial charge on any atom is 0.119 e. The summed E-state index contributed by atoms with van der Waals surface area (Å²) in [7, 11) is 1.68. The Hall–Kier alpha value is -1.22. The van der Waals surface area contributed by atoms with Gasteiger partial charge in [0.2, 0.25) is 0 Å². The molecular formula is C16H23NO2. The van der Waals surface area contributed by atoms with E-state index >= 15 is 0 Å². The van der Waals surface area contributed by atoms with Crippen molar-refractivity contribution in [2.24, 2.45) is 5.92 Å². The van der Waals surface area contributed by atoms with E-state index in [1.54, 1.807) is 7.11 Å². The highest BCUT2D eigenvalue weighted by atomic mass is 16.5. The van der Waals surface area contributed by atoms with Crippen molar-refractivity contribution in [3.05, 3.63) is 23.8 Å². The molecule has 1 aliphatic heterocycles. The first-order chi connectivity index (χ1) is 9.28. The average Bonchev–Trinajstić information content (AvgIpc) is 2.47. The van der Waals surface area contributed by atoms with E-state index in [0.29, 0.717) is 5.92 Å². The molecule has 3 heteroatoms. The summed E-state index contributed by atoms with van der Waals surface area (Å²) in [4.78, 5) is 0. The topological polar surface area (TPSA) is 41.5 Å². The molecule has 104 valence electrons. The third-order valence-electron chi connectivity index (χ3n) is 4.64. The van der Waals surface area contributed by atoms with Crippen molar-refractivity contribution in [3.8, 4) is 5.75 Å². The molecule has 0 amide bonds. The Bertz CT molecular complexity index is 440. The second-order valence-electron chi connectivity index (χ2n) is 5.86. The van der Waals surface area contributed by atoms with E-state index in [-0.39, 0.29) is 12.1 Å². The van der Waals surface area contributed by atoms with Gasteiger partial charge in [0.25, 0.3) is 0 Å². The summed E-state index contributed by atoms with van der Waals surface area (Å²) in [6.07, 6.45) is 6.94. The first-order valence-corrected chi connectivity index (χ1v) is 7.39. The van der Waals surface area contributed by atoms with Gasteiger partial charge < -0.3 is 15.2 Å². The van der Waals surface area contributed by atoms with Gasteiger partial charge in [-0.3, -0.25) is 0 Å². The number of rotatable bonds is 2. The average molecular weight is 261 g/mol. The molecule has 1 fully saturated rings. The van der Waals surface area contributed by atoms with Gasteiger partial charge in [-0.25, -0.2) is 0 Å². The van der Waals surface area contributed by atoms with E-state index in [4.69, 9.17) is 4.74 Å². The van der Waals surface area contributed by atoms with Crippen LogP contribution in [0.1, 0.15) is 37.7 Å². The van der Waals surface area contributed by atoms with Crippen molar-refractivity contribution in [2.75, 3.05) is 12.4 Å². The summed E-state index contributed by atoms with van der Waals surface area (Å²) in [5.74, 6) is 1.49. The highest BCUT2D eigenvalue weighted by Crippen LogP contribution is 2.35. The van der Waals surface area contributed by atoms with Gasteiger partial charge in [0.15, 0.2) is 0 Å². The molecule has 0 saturated heterocycles. The van der Waals surface area contributed by atoms with Crippen molar-refractivity contribution in [2.45, 2.75) is 50.7 Å². The lowest BCUT2D eigenvalue weighted by Gasteiger charge is -2.38. The van der Waals surface area contributed by atoms with Gasteiger partial charge in [0, 0.05) is 12.1 Å². The van der Waals surface area contributed by atoms with Crippen LogP contribution in [0.3, 0.4) is 0 Å². The van der Waals surface area contributed by atoms with Crippen LogP contribution in [0.25, 0.3) is 0 Å². The van der Waals surface area contributed by atoms with Crippen LogP contribution in [0.15, 0.2) is 18.2 Å². The number of ether oxygens (including phenoxy) is 1. The molecule has 2 unspecified atom stereocenters. The second-order valence-corrected chi connectivity index (χ2v) is 5.86. The van der Waals surface area contributed by atoms with Crippen molar-refractivity contribution < 1.29 is 9.84 Å². The number of aliphatic hydroxyl groups excluding tert-OH is 1. The van der Waals surface area contributed by atoms with Gasteiger partial charge in [-0.1, -0.05) is 19.3 Å². The van der Waals surface area contributed by atoms with E-state index in [2.05, 4.69) is 11.4 Å². The molecule has 1 heterocycles. The van der Waals surface area contributed by atoms with Crippen molar-refractivity contribution in [3.63, 3.8) is 0 Å². The van der Waals surface area contributed by atoms with Gasteiger partial charge in [-0.2, -0.15) is 0 Å². The largest absolute Gasteiger partial charge is 0.497 e. The van der Waals surface area contributed by atoms with Crippen LogP contribution in [-0.4, -0.2) is 24.4 Å². The van der Waals surface area contributed by atoms with Crippen LogP contribution in [0.2, 0.25) is 0 Å². The molecule has 1 aliphatic carbocycles. The Balaban J connectivity index is 1.79. The first kappa shape index (κ1) is 12.8. The molecule has 1 saturated carbocycles. The number of benzene rings is 1. The molecule has 0 aromatic heterocycles. The van der Waals surface area contributed by atoms with Crippen LogP contribution >= 0.6 is 0 Å². The summed E-state index contributed by atoms with van der Waals surface area (Å²) in [6, 6.07) is 6.32. The SMILES string of the molecule is COc1ccc2c(c1)CC(O)C(C1CCCCC1)N2. The molecule has 1 aromatic rings. The maximum absolute atomic E-state index is 10.4. The summed E-state index contributed by atoms with van der Waals surface area (Å²) in [6.45, 7) is 0. The zero-order valence-electron chi connectivity index (χ0n) is 11.6. The third kappa shape index (κ3) is 2.57. The minimum atomic E-state index is -0.275. The predicted octanol–water partition coefficient (Wildman–Crippen LogP) is 2.97. The molecule has 2 atom stereocenters. The molecule has 2 N–H and O–H groups in total. The fourth-order valence-corrected chi connectivity index (χ4v) is 3.56. The quantitative estimate of drug-likeness (QED) is 0.860. The van der Waals surface area contributed by atoms with Crippen molar-refractivity contribution in [1.82, 2.24) is 0 Å². The van der Waals surface area contributed by atoms with Crippen LogP contribution in [0.4, 0.5) is 5.69 Å². The third-order valence-corrected chi connectivity index (χ3v) is 4.64. The number of hydrogen-bond donors (Lipinski definition) is 2. The Kier molecular flexibility index (Phi) is 3.65. The molecule has 0 spiro atoms. The molecule has 3 nitrogen and oxygen atoms in total. The van der Waals surface area contributed by atoms with Crippen LogP contribution in [0.5, 0.6) is 5.75 Å². The lowest BCUT2D eigenvalue weighted by Crippen LogP contribution is -2.45. The molecule has 1 aromatic carbocycles. The Morgan fingerprint density at radius 1 is 1.21 bits per heavy atom. The fraction of sp³-hybridized carbons (Fsp3) is 0.625.